The molecule has 0 amide bonds. The molecule has 0 fully saturated rings. The summed E-state index contributed by atoms with van der Waals surface area (Å²) < 4.78 is 0. The molecule has 1 heterocycles. The molecule has 3 heteroatoms. The number of H-pyrrole nitrogens is 1. The average molecular weight is 287 g/mol. The summed E-state index contributed by atoms with van der Waals surface area (Å²) in [6.45, 7) is 13.7. The van der Waals surface area contributed by atoms with Gasteiger partial charge in [-0.1, -0.05) is 47.5 Å². The molecule has 1 aromatic carbocycles. The van der Waals surface area contributed by atoms with Gasteiger partial charge in [-0.2, -0.15) is 5.10 Å². The highest BCUT2D eigenvalue weighted by atomic mass is 15.1. The third-order valence-corrected chi connectivity index (χ3v) is 4.09. The van der Waals surface area contributed by atoms with E-state index in [0.717, 1.165) is 24.5 Å². The first-order valence-corrected chi connectivity index (χ1v) is 8.11. The number of nitrogens with one attached hydrogen (secondary N) is 1. The number of anilines is 1. The maximum Gasteiger partial charge on any atom is 0.0651 e. The van der Waals surface area contributed by atoms with Crippen LogP contribution in [0.5, 0.6) is 0 Å². The second-order valence-corrected chi connectivity index (χ2v) is 7.27. The van der Waals surface area contributed by atoms with Crippen molar-refractivity contribution < 1.29 is 0 Å². The van der Waals surface area contributed by atoms with E-state index in [1.165, 1.54) is 23.9 Å². The molecule has 2 aromatic rings. The Balaban J connectivity index is 2.28. The van der Waals surface area contributed by atoms with Crippen molar-refractivity contribution in [1.29, 1.82) is 0 Å². The first kappa shape index (κ1) is 15.9. The fraction of sp³-hybridized carbons (Fsp3) is 0.611. The lowest BCUT2D eigenvalue weighted by atomic mass is 9.94. The number of fused-ring (bicyclic) bond motifs is 1. The molecule has 0 saturated heterocycles. The van der Waals surface area contributed by atoms with Gasteiger partial charge in [-0.25, -0.2) is 0 Å². The number of aromatic amines is 1. The number of nitrogens with zero attached hydrogens (tertiary/aromatic N) is 2. The van der Waals surface area contributed by atoms with Crippen molar-refractivity contribution in [3.63, 3.8) is 0 Å². The summed E-state index contributed by atoms with van der Waals surface area (Å²) in [4.78, 5) is 2.55. The molecule has 0 bridgehead atoms. The zero-order valence-electron chi connectivity index (χ0n) is 14.1. The van der Waals surface area contributed by atoms with Crippen molar-refractivity contribution in [3.05, 3.63) is 24.4 Å². The smallest absolute Gasteiger partial charge is 0.0651 e. The molecule has 0 aliphatic heterocycles. The normalized spacial score (nSPS) is 12.3. The molecule has 0 radical (unpaired) electrons. The highest BCUT2D eigenvalue weighted by Gasteiger charge is 2.19. The molecule has 3 nitrogen and oxygen atoms in total. The number of rotatable bonds is 6. The van der Waals surface area contributed by atoms with Crippen LogP contribution in [0, 0.1) is 11.3 Å². The Bertz CT molecular complexity index is 561. The maximum atomic E-state index is 4.13. The van der Waals surface area contributed by atoms with Gasteiger partial charge in [-0.05, 0) is 29.5 Å². The monoisotopic (exact) mass is 287 g/mol. The fourth-order valence-corrected chi connectivity index (χ4v) is 2.82. The van der Waals surface area contributed by atoms with E-state index in [1.807, 2.05) is 6.20 Å². The molecular formula is C18H29N3. The Morgan fingerprint density at radius 3 is 2.52 bits per heavy atom. The van der Waals surface area contributed by atoms with Gasteiger partial charge >= 0.3 is 0 Å². The number of hydrogen-bond acceptors (Lipinski definition) is 2. The number of benzene rings is 1. The van der Waals surface area contributed by atoms with Crippen LogP contribution in [0.25, 0.3) is 10.9 Å². The first-order chi connectivity index (χ1) is 9.93. The third kappa shape index (κ3) is 4.23. The van der Waals surface area contributed by atoms with E-state index in [2.05, 4.69) is 67.9 Å². The predicted octanol–water partition coefficient (Wildman–Crippen LogP) is 4.85. The summed E-state index contributed by atoms with van der Waals surface area (Å²) in [5, 5.41) is 8.35. The lowest BCUT2D eigenvalue weighted by Crippen LogP contribution is -2.36. The third-order valence-electron chi connectivity index (χ3n) is 4.09. The SMILES string of the molecule is CCC(CC)CN(CC(C)(C)C)c1ccc2[nH]ncc2c1. The molecule has 0 aliphatic carbocycles. The van der Waals surface area contributed by atoms with Gasteiger partial charge in [0.15, 0.2) is 0 Å². The second kappa shape index (κ2) is 6.50. The van der Waals surface area contributed by atoms with Crippen molar-refractivity contribution in [2.45, 2.75) is 47.5 Å². The van der Waals surface area contributed by atoms with Crippen molar-refractivity contribution in [2.24, 2.45) is 11.3 Å². The maximum absolute atomic E-state index is 4.13. The lowest BCUT2D eigenvalue weighted by Gasteiger charge is -2.34. The lowest BCUT2D eigenvalue weighted by molar-refractivity contribution is 0.386. The molecule has 1 aromatic heterocycles. The van der Waals surface area contributed by atoms with Gasteiger partial charge in [0.2, 0.25) is 0 Å². The first-order valence-electron chi connectivity index (χ1n) is 8.11. The summed E-state index contributed by atoms with van der Waals surface area (Å²) in [5.74, 6) is 0.757. The molecule has 0 unspecified atom stereocenters. The zero-order valence-corrected chi connectivity index (χ0v) is 14.1. The Kier molecular flexibility index (Phi) is 4.92. The van der Waals surface area contributed by atoms with Crippen LogP contribution in [0.4, 0.5) is 5.69 Å². The molecular weight excluding hydrogens is 258 g/mol. The molecule has 0 spiro atoms. The van der Waals surface area contributed by atoms with Gasteiger partial charge in [0.25, 0.3) is 0 Å². The van der Waals surface area contributed by atoms with Crippen LogP contribution >= 0.6 is 0 Å². The topological polar surface area (TPSA) is 31.9 Å². The van der Waals surface area contributed by atoms with Crippen LogP contribution in [-0.4, -0.2) is 23.3 Å². The van der Waals surface area contributed by atoms with Gasteiger partial charge in [-0.3, -0.25) is 5.10 Å². The van der Waals surface area contributed by atoms with Crippen molar-refractivity contribution in [1.82, 2.24) is 10.2 Å². The highest BCUT2D eigenvalue weighted by molar-refractivity contribution is 5.82. The molecule has 0 saturated carbocycles. The highest BCUT2D eigenvalue weighted by Crippen LogP contribution is 2.26. The molecule has 21 heavy (non-hydrogen) atoms. The Labute approximate surface area is 128 Å². The molecule has 0 aliphatic rings. The van der Waals surface area contributed by atoms with Gasteiger partial charge in [0.05, 0.1) is 11.7 Å². The van der Waals surface area contributed by atoms with Crippen molar-refractivity contribution in [2.75, 3.05) is 18.0 Å². The standard InChI is InChI=1S/C18H29N3/c1-6-14(7-2)12-21(13-18(3,4)5)16-8-9-17-15(10-16)11-19-20-17/h8-11,14H,6-7,12-13H2,1-5H3,(H,19,20). The minimum Gasteiger partial charge on any atom is -0.371 e. The van der Waals surface area contributed by atoms with Gasteiger partial charge in [0.1, 0.15) is 0 Å². The summed E-state index contributed by atoms with van der Waals surface area (Å²) in [6.07, 6.45) is 4.39. The Morgan fingerprint density at radius 2 is 1.90 bits per heavy atom. The Hall–Kier alpha value is -1.51. The van der Waals surface area contributed by atoms with Gasteiger partial charge < -0.3 is 4.90 Å². The van der Waals surface area contributed by atoms with E-state index in [4.69, 9.17) is 0 Å². The van der Waals surface area contributed by atoms with E-state index in [0.29, 0.717) is 0 Å². The number of aromatic nitrogens is 2. The van der Waals surface area contributed by atoms with Crippen LogP contribution in [0.1, 0.15) is 47.5 Å². The molecule has 0 atom stereocenters. The summed E-state index contributed by atoms with van der Waals surface area (Å²) in [7, 11) is 0. The molecule has 2 rings (SSSR count). The molecule has 1 N–H and O–H groups in total. The van der Waals surface area contributed by atoms with E-state index < -0.39 is 0 Å². The summed E-state index contributed by atoms with van der Waals surface area (Å²) in [6, 6.07) is 6.61. The summed E-state index contributed by atoms with van der Waals surface area (Å²) >= 11 is 0. The van der Waals surface area contributed by atoms with Crippen molar-refractivity contribution in [3.8, 4) is 0 Å². The largest absolute Gasteiger partial charge is 0.371 e. The predicted molar refractivity (Wildman–Crippen MR) is 91.8 cm³/mol. The van der Waals surface area contributed by atoms with Crippen LogP contribution in [0.15, 0.2) is 24.4 Å². The van der Waals surface area contributed by atoms with Crippen LogP contribution < -0.4 is 4.90 Å². The summed E-state index contributed by atoms with van der Waals surface area (Å²) in [5.41, 5.74) is 2.71. The second-order valence-electron chi connectivity index (χ2n) is 7.27. The fourth-order valence-electron chi connectivity index (χ4n) is 2.82. The van der Waals surface area contributed by atoms with Crippen LogP contribution in [0.3, 0.4) is 0 Å². The quantitative estimate of drug-likeness (QED) is 0.823. The van der Waals surface area contributed by atoms with Crippen molar-refractivity contribution >= 4 is 16.6 Å². The minimum atomic E-state index is 0.289. The van der Waals surface area contributed by atoms with Gasteiger partial charge in [0, 0.05) is 24.2 Å². The molecule has 116 valence electrons. The van der Waals surface area contributed by atoms with E-state index >= 15 is 0 Å². The van der Waals surface area contributed by atoms with E-state index in [9.17, 15) is 0 Å². The average Bonchev–Trinajstić information content (AvgIpc) is 2.89. The van der Waals surface area contributed by atoms with E-state index in [-0.39, 0.29) is 5.41 Å². The van der Waals surface area contributed by atoms with E-state index in [1.54, 1.807) is 0 Å². The number of hydrogen-bond donors (Lipinski definition) is 1. The van der Waals surface area contributed by atoms with Gasteiger partial charge in [-0.15, -0.1) is 0 Å². The zero-order chi connectivity index (χ0) is 15.5. The Morgan fingerprint density at radius 1 is 1.19 bits per heavy atom. The minimum absolute atomic E-state index is 0.289. The van der Waals surface area contributed by atoms with Crippen LogP contribution in [0.2, 0.25) is 0 Å². The van der Waals surface area contributed by atoms with Crippen LogP contribution in [-0.2, 0) is 0 Å².